The highest BCUT2D eigenvalue weighted by atomic mass is 16.1. The van der Waals surface area contributed by atoms with Crippen LogP contribution in [0.15, 0.2) is 30.5 Å². The van der Waals surface area contributed by atoms with Crippen molar-refractivity contribution in [2.75, 3.05) is 49.2 Å². The highest BCUT2D eigenvalue weighted by Gasteiger charge is 2.18. The Balaban J connectivity index is 1.89. The van der Waals surface area contributed by atoms with E-state index in [2.05, 4.69) is 25.5 Å². The summed E-state index contributed by atoms with van der Waals surface area (Å²) >= 11 is 0. The van der Waals surface area contributed by atoms with Crippen LogP contribution in [0.5, 0.6) is 0 Å². The van der Waals surface area contributed by atoms with Gasteiger partial charge >= 0.3 is 0 Å². The van der Waals surface area contributed by atoms with Crippen molar-refractivity contribution < 1.29 is 4.79 Å². The average Bonchev–Trinajstić information content (AvgIpc) is 2.91. The second kappa shape index (κ2) is 7.27. The molecule has 0 saturated carbocycles. The summed E-state index contributed by atoms with van der Waals surface area (Å²) in [7, 11) is 1.77. The molecule has 126 valence electrons. The zero-order chi connectivity index (χ0) is 16.9. The molecule has 3 rings (SSSR count). The first kappa shape index (κ1) is 16.2. The lowest BCUT2D eigenvalue weighted by Crippen LogP contribution is -2.29. The maximum absolute atomic E-state index is 12.8. The number of hydrogen-bond donors (Lipinski definition) is 3. The Hall–Kier alpha value is -2.67. The van der Waals surface area contributed by atoms with Gasteiger partial charge in [0, 0.05) is 26.7 Å². The Labute approximate surface area is 141 Å². The second-order valence-corrected chi connectivity index (χ2v) is 5.71. The third-order valence-corrected chi connectivity index (χ3v) is 4.08. The fraction of sp³-hybridized carbons (Fsp3) is 0.353. The predicted molar refractivity (Wildman–Crippen MR) is 95.6 cm³/mol. The molecule has 4 N–H and O–H groups in total. The zero-order valence-corrected chi connectivity index (χ0v) is 13.7. The van der Waals surface area contributed by atoms with Gasteiger partial charge in [-0.25, -0.2) is 9.97 Å². The predicted octanol–water partition coefficient (Wildman–Crippen LogP) is 1.13. The van der Waals surface area contributed by atoms with Crippen LogP contribution in [0.2, 0.25) is 0 Å². The molecule has 0 bridgehead atoms. The van der Waals surface area contributed by atoms with Crippen LogP contribution in [-0.2, 0) is 0 Å². The minimum atomic E-state index is -0.216. The van der Waals surface area contributed by atoms with E-state index in [4.69, 9.17) is 5.73 Å². The van der Waals surface area contributed by atoms with Gasteiger partial charge in [0.05, 0.1) is 17.4 Å². The molecule has 3 heterocycles. The standard InChI is InChI=1S/C17H22N6O/c1-19-12-10-13(17(18)21-11-12)16(24)14-4-2-5-15(22-14)23-8-3-6-20-7-9-23/h2,4-5,10-11,19-20H,3,6-9H2,1H3,(H2,18,21). The van der Waals surface area contributed by atoms with Crippen molar-refractivity contribution in [3.8, 4) is 0 Å². The summed E-state index contributed by atoms with van der Waals surface area (Å²) in [6, 6.07) is 7.22. The Bertz CT molecular complexity index is 725. The Kier molecular flexibility index (Phi) is 4.90. The molecule has 0 amide bonds. The number of nitrogens with one attached hydrogen (secondary N) is 2. The molecule has 0 atom stereocenters. The normalized spacial score (nSPS) is 15.0. The molecule has 1 aliphatic heterocycles. The molecule has 7 nitrogen and oxygen atoms in total. The molecule has 7 heteroatoms. The van der Waals surface area contributed by atoms with Crippen molar-refractivity contribution in [1.29, 1.82) is 0 Å². The Morgan fingerprint density at radius 2 is 2.21 bits per heavy atom. The molecule has 0 radical (unpaired) electrons. The highest BCUT2D eigenvalue weighted by molar-refractivity contribution is 6.11. The van der Waals surface area contributed by atoms with Crippen molar-refractivity contribution in [3.63, 3.8) is 0 Å². The van der Waals surface area contributed by atoms with Gasteiger partial charge in [0.1, 0.15) is 17.3 Å². The third kappa shape index (κ3) is 3.46. The molecule has 1 aliphatic rings. The van der Waals surface area contributed by atoms with E-state index in [1.165, 1.54) is 0 Å². The highest BCUT2D eigenvalue weighted by Crippen LogP contribution is 2.20. The number of nitrogen functional groups attached to an aromatic ring is 1. The van der Waals surface area contributed by atoms with Gasteiger partial charge in [-0.2, -0.15) is 0 Å². The number of carbonyl (C=O) groups excluding carboxylic acids is 1. The first-order valence-electron chi connectivity index (χ1n) is 8.10. The van der Waals surface area contributed by atoms with Crippen molar-refractivity contribution in [1.82, 2.24) is 15.3 Å². The van der Waals surface area contributed by atoms with Gasteiger partial charge in [-0.15, -0.1) is 0 Å². The molecule has 2 aromatic rings. The van der Waals surface area contributed by atoms with E-state index < -0.39 is 0 Å². The van der Waals surface area contributed by atoms with Gasteiger partial charge < -0.3 is 21.3 Å². The number of ketones is 1. The number of nitrogens with zero attached hydrogens (tertiary/aromatic N) is 3. The van der Waals surface area contributed by atoms with Crippen molar-refractivity contribution in [2.45, 2.75) is 6.42 Å². The van der Waals surface area contributed by atoms with Crippen LogP contribution in [0.4, 0.5) is 17.3 Å². The van der Waals surface area contributed by atoms with Gasteiger partial charge in [-0.3, -0.25) is 4.79 Å². The average molecular weight is 326 g/mol. The number of rotatable bonds is 4. The maximum atomic E-state index is 12.8. The molecule has 0 aromatic carbocycles. The lowest BCUT2D eigenvalue weighted by Gasteiger charge is -2.21. The topological polar surface area (TPSA) is 96.2 Å². The van der Waals surface area contributed by atoms with Crippen LogP contribution in [0.3, 0.4) is 0 Å². The second-order valence-electron chi connectivity index (χ2n) is 5.71. The lowest BCUT2D eigenvalue weighted by molar-refractivity contribution is 0.103. The first-order valence-corrected chi connectivity index (χ1v) is 8.10. The summed E-state index contributed by atoms with van der Waals surface area (Å²) in [6.45, 7) is 3.73. The number of aromatic nitrogens is 2. The number of anilines is 3. The molecule has 1 fully saturated rings. The Morgan fingerprint density at radius 1 is 1.33 bits per heavy atom. The molecular weight excluding hydrogens is 304 g/mol. The monoisotopic (exact) mass is 326 g/mol. The summed E-state index contributed by atoms with van der Waals surface area (Å²) in [6.07, 6.45) is 2.65. The number of nitrogens with two attached hydrogens (primary N) is 1. The number of pyridine rings is 2. The quantitative estimate of drug-likeness (QED) is 0.725. The first-order chi connectivity index (χ1) is 11.7. The van der Waals surface area contributed by atoms with E-state index in [0.717, 1.165) is 44.1 Å². The van der Waals surface area contributed by atoms with Crippen LogP contribution >= 0.6 is 0 Å². The van der Waals surface area contributed by atoms with Crippen LogP contribution in [0, 0.1) is 0 Å². The molecule has 1 saturated heterocycles. The van der Waals surface area contributed by atoms with Crippen LogP contribution in [0.25, 0.3) is 0 Å². The maximum Gasteiger partial charge on any atom is 0.215 e. The van der Waals surface area contributed by atoms with Crippen LogP contribution < -0.4 is 21.3 Å². The van der Waals surface area contributed by atoms with E-state index in [9.17, 15) is 4.79 Å². The van der Waals surface area contributed by atoms with Crippen molar-refractivity contribution in [3.05, 3.63) is 41.7 Å². The molecule has 2 aromatic heterocycles. The van der Waals surface area contributed by atoms with Gasteiger partial charge in [0.25, 0.3) is 0 Å². The Morgan fingerprint density at radius 3 is 3.04 bits per heavy atom. The van der Waals surface area contributed by atoms with Crippen molar-refractivity contribution >= 4 is 23.1 Å². The summed E-state index contributed by atoms with van der Waals surface area (Å²) in [5.74, 6) is 0.818. The van der Waals surface area contributed by atoms with Gasteiger partial charge in [0.15, 0.2) is 0 Å². The summed E-state index contributed by atoms with van der Waals surface area (Å²) in [4.78, 5) is 23.6. The third-order valence-electron chi connectivity index (χ3n) is 4.08. The summed E-state index contributed by atoms with van der Waals surface area (Å²) in [5.41, 5.74) is 7.36. The van der Waals surface area contributed by atoms with E-state index >= 15 is 0 Å². The van der Waals surface area contributed by atoms with E-state index in [0.29, 0.717) is 11.3 Å². The number of carbonyl (C=O) groups is 1. The van der Waals surface area contributed by atoms with Gasteiger partial charge in [-0.1, -0.05) is 6.07 Å². The smallest absolute Gasteiger partial charge is 0.215 e. The summed E-state index contributed by atoms with van der Waals surface area (Å²) < 4.78 is 0. The fourth-order valence-corrected chi connectivity index (χ4v) is 2.73. The molecule has 0 aliphatic carbocycles. The van der Waals surface area contributed by atoms with Gasteiger partial charge in [-0.05, 0) is 31.2 Å². The molecular formula is C17H22N6O. The van der Waals surface area contributed by atoms with Gasteiger partial charge in [0.2, 0.25) is 5.78 Å². The van der Waals surface area contributed by atoms with E-state index in [-0.39, 0.29) is 11.6 Å². The molecule has 0 unspecified atom stereocenters. The SMILES string of the molecule is CNc1cnc(N)c(C(=O)c2cccc(N3CCCNCC3)n2)c1. The van der Waals surface area contributed by atoms with E-state index in [1.807, 2.05) is 12.1 Å². The van der Waals surface area contributed by atoms with Crippen LogP contribution in [0.1, 0.15) is 22.5 Å². The molecule has 0 spiro atoms. The largest absolute Gasteiger partial charge is 0.387 e. The zero-order valence-electron chi connectivity index (χ0n) is 13.7. The van der Waals surface area contributed by atoms with Crippen LogP contribution in [-0.4, -0.2) is 49.0 Å². The molecule has 24 heavy (non-hydrogen) atoms. The summed E-state index contributed by atoms with van der Waals surface area (Å²) in [5, 5.41) is 6.33. The minimum Gasteiger partial charge on any atom is -0.387 e. The van der Waals surface area contributed by atoms with Crippen molar-refractivity contribution in [2.24, 2.45) is 0 Å². The lowest BCUT2D eigenvalue weighted by atomic mass is 10.1. The fourth-order valence-electron chi connectivity index (χ4n) is 2.73. The number of hydrogen-bond acceptors (Lipinski definition) is 7. The van der Waals surface area contributed by atoms with E-state index in [1.54, 1.807) is 25.4 Å². The minimum absolute atomic E-state index is 0.213.